The van der Waals surface area contributed by atoms with Crippen LogP contribution in [-0.2, 0) is 0 Å². The molecule has 0 fully saturated rings. The second kappa shape index (κ2) is 6.11. The zero-order chi connectivity index (χ0) is 15.4. The zero-order valence-electron chi connectivity index (χ0n) is 10.9. The van der Waals surface area contributed by atoms with Crippen molar-refractivity contribution >= 4 is 17.3 Å². The highest BCUT2D eigenvalue weighted by molar-refractivity contribution is 6.32. The molecule has 0 N–H and O–H groups in total. The molecule has 0 amide bonds. The maximum Gasteiger partial charge on any atom is 0.288 e. The molecule has 0 saturated heterocycles. The van der Waals surface area contributed by atoms with Crippen LogP contribution in [0.25, 0.3) is 0 Å². The molecule has 6 nitrogen and oxygen atoms in total. The smallest absolute Gasteiger partial charge is 0.288 e. The highest BCUT2D eigenvalue weighted by Gasteiger charge is 2.14. The molecular weight excluding hydrogens is 296 g/mol. The highest BCUT2D eigenvalue weighted by Crippen LogP contribution is 2.33. The van der Waals surface area contributed by atoms with Gasteiger partial charge in [0, 0.05) is 18.2 Å². The maximum absolute atomic E-state index is 10.7. The van der Waals surface area contributed by atoms with Gasteiger partial charge in [0.15, 0.2) is 0 Å². The lowest BCUT2D eigenvalue weighted by Crippen LogP contribution is -1.92. The van der Waals surface area contributed by atoms with E-state index in [0.717, 1.165) is 0 Å². The normalized spacial score (nSPS) is 9.76. The number of hydrogen-bond donors (Lipinski definition) is 0. The van der Waals surface area contributed by atoms with Crippen LogP contribution in [0, 0.1) is 21.4 Å². The van der Waals surface area contributed by atoms with Crippen molar-refractivity contribution in [1.82, 2.24) is 0 Å². The van der Waals surface area contributed by atoms with Gasteiger partial charge in [0.25, 0.3) is 5.69 Å². The van der Waals surface area contributed by atoms with Crippen molar-refractivity contribution in [2.75, 3.05) is 7.11 Å². The summed E-state index contributed by atoms with van der Waals surface area (Å²) in [6.45, 7) is 0. The minimum atomic E-state index is -0.585. The van der Waals surface area contributed by atoms with Crippen LogP contribution in [0.2, 0.25) is 5.02 Å². The SMILES string of the molecule is COc1ccc(C#N)c(Oc2ccc([N+](=O)[O-])c(Cl)c2)c1. The standard InChI is InChI=1S/C14H9ClN2O4/c1-20-10-3-2-9(8-16)14(7-10)21-11-4-5-13(17(18)19)12(15)6-11/h2-7H,1H3. The molecule has 2 rings (SSSR count). The van der Waals surface area contributed by atoms with Gasteiger partial charge in [-0.1, -0.05) is 11.6 Å². The first-order valence-corrected chi connectivity index (χ1v) is 6.13. The van der Waals surface area contributed by atoms with Crippen molar-refractivity contribution < 1.29 is 14.4 Å². The molecule has 0 radical (unpaired) electrons. The fourth-order valence-electron chi connectivity index (χ4n) is 1.63. The lowest BCUT2D eigenvalue weighted by atomic mass is 10.2. The summed E-state index contributed by atoms with van der Waals surface area (Å²) in [6.07, 6.45) is 0. The summed E-state index contributed by atoms with van der Waals surface area (Å²) in [5, 5.41) is 19.7. The Kier molecular flexibility index (Phi) is 4.26. The Morgan fingerprint density at radius 2 is 1.95 bits per heavy atom. The van der Waals surface area contributed by atoms with Crippen LogP contribution in [0.5, 0.6) is 17.2 Å². The van der Waals surface area contributed by atoms with Crippen molar-refractivity contribution in [3.05, 3.63) is 57.1 Å². The molecule has 0 atom stereocenters. The number of nitrogens with zero attached hydrogens (tertiary/aromatic N) is 2. The quantitative estimate of drug-likeness (QED) is 0.631. The summed E-state index contributed by atoms with van der Waals surface area (Å²) >= 11 is 5.81. The van der Waals surface area contributed by atoms with Crippen LogP contribution in [0.15, 0.2) is 36.4 Å². The average Bonchev–Trinajstić information content (AvgIpc) is 2.46. The van der Waals surface area contributed by atoms with Crippen molar-refractivity contribution in [2.45, 2.75) is 0 Å². The summed E-state index contributed by atoms with van der Waals surface area (Å²) in [6, 6.07) is 10.7. The number of halogens is 1. The van der Waals surface area contributed by atoms with E-state index < -0.39 is 4.92 Å². The fourth-order valence-corrected chi connectivity index (χ4v) is 1.87. The first kappa shape index (κ1) is 14.6. The van der Waals surface area contributed by atoms with E-state index in [4.69, 9.17) is 26.3 Å². The van der Waals surface area contributed by atoms with Crippen molar-refractivity contribution in [2.24, 2.45) is 0 Å². The molecule has 0 aliphatic carbocycles. The van der Waals surface area contributed by atoms with E-state index in [1.165, 1.54) is 25.3 Å². The first-order valence-electron chi connectivity index (χ1n) is 5.75. The second-order valence-electron chi connectivity index (χ2n) is 3.95. The minimum Gasteiger partial charge on any atom is -0.497 e. The third-order valence-electron chi connectivity index (χ3n) is 2.65. The monoisotopic (exact) mass is 304 g/mol. The van der Waals surface area contributed by atoms with Crippen LogP contribution in [0.3, 0.4) is 0 Å². The predicted molar refractivity (Wildman–Crippen MR) is 75.9 cm³/mol. The van der Waals surface area contributed by atoms with Gasteiger partial charge in [0.1, 0.15) is 28.3 Å². The summed E-state index contributed by atoms with van der Waals surface area (Å²) in [7, 11) is 1.49. The van der Waals surface area contributed by atoms with Gasteiger partial charge in [-0.15, -0.1) is 0 Å². The molecule has 0 unspecified atom stereocenters. The minimum absolute atomic E-state index is 0.0427. The van der Waals surface area contributed by atoms with Gasteiger partial charge in [0.2, 0.25) is 0 Å². The Hall–Kier alpha value is -2.78. The Morgan fingerprint density at radius 3 is 2.52 bits per heavy atom. The molecule has 0 aromatic heterocycles. The molecule has 106 valence electrons. The van der Waals surface area contributed by atoms with Crippen molar-refractivity contribution in [3.8, 4) is 23.3 Å². The lowest BCUT2D eigenvalue weighted by Gasteiger charge is -2.09. The van der Waals surface area contributed by atoms with Gasteiger partial charge in [-0.25, -0.2) is 0 Å². The van der Waals surface area contributed by atoms with E-state index in [-0.39, 0.29) is 22.2 Å². The number of methoxy groups -OCH3 is 1. The van der Waals surface area contributed by atoms with Crippen LogP contribution in [0.1, 0.15) is 5.56 Å². The van der Waals surface area contributed by atoms with Crippen LogP contribution in [0.4, 0.5) is 5.69 Å². The maximum atomic E-state index is 10.7. The van der Waals surface area contributed by atoms with E-state index in [0.29, 0.717) is 11.3 Å². The molecule has 0 spiro atoms. The van der Waals surface area contributed by atoms with Gasteiger partial charge in [-0.3, -0.25) is 10.1 Å². The molecular formula is C14H9ClN2O4. The highest BCUT2D eigenvalue weighted by atomic mass is 35.5. The molecule has 0 aliphatic rings. The van der Waals surface area contributed by atoms with Crippen LogP contribution < -0.4 is 9.47 Å². The largest absolute Gasteiger partial charge is 0.497 e. The molecule has 0 bridgehead atoms. The summed E-state index contributed by atoms with van der Waals surface area (Å²) < 4.78 is 10.6. The summed E-state index contributed by atoms with van der Waals surface area (Å²) in [5.74, 6) is 1.09. The molecule has 2 aromatic rings. The van der Waals surface area contributed by atoms with E-state index >= 15 is 0 Å². The molecule has 2 aromatic carbocycles. The Morgan fingerprint density at radius 1 is 1.24 bits per heavy atom. The first-order chi connectivity index (χ1) is 10.0. The molecule has 0 heterocycles. The third kappa shape index (κ3) is 3.22. The fraction of sp³-hybridized carbons (Fsp3) is 0.0714. The van der Waals surface area contributed by atoms with Gasteiger partial charge >= 0.3 is 0 Å². The van der Waals surface area contributed by atoms with Crippen LogP contribution in [-0.4, -0.2) is 12.0 Å². The summed E-state index contributed by atoms with van der Waals surface area (Å²) in [4.78, 5) is 10.1. The van der Waals surface area contributed by atoms with E-state index in [1.54, 1.807) is 18.2 Å². The average molecular weight is 305 g/mol. The third-order valence-corrected chi connectivity index (χ3v) is 2.96. The van der Waals surface area contributed by atoms with E-state index in [9.17, 15) is 10.1 Å². The number of rotatable bonds is 4. The Bertz CT molecular complexity index is 740. The number of benzene rings is 2. The number of nitriles is 1. The van der Waals surface area contributed by atoms with Gasteiger partial charge in [0.05, 0.1) is 17.6 Å². The zero-order valence-corrected chi connectivity index (χ0v) is 11.6. The Balaban J connectivity index is 2.36. The van der Waals surface area contributed by atoms with Crippen LogP contribution >= 0.6 is 11.6 Å². The van der Waals surface area contributed by atoms with E-state index in [1.807, 2.05) is 6.07 Å². The van der Waals surface area contributed by atoms with Crippen molar-refractivity contribution in [3.63, 3.8) is 0 Å². The number of nitro groups is 1. The van der Waals surface area contributed by atoms with Gasteiger partial charge in [-0.05, 0) is 18.2 Å². The lowest BCUT2D eigenvalue weighted by molar-refractivity contribution is -0.384. The number of hydrogen-bond acceptors (Lipinski definition) is 5. The van der Waals surface area contributed by atoms with Gasteiger partial charge < -0.3 is 9.47 Å². The molecule has 7 heteroatoms. The number of nitro benzene ring substituents is 1. The topological polar surface area (TPSA) is 85.4 Å². The van der Waals surface area contributed by atoms with Crippen molar-refractivity contribution in [1.29, 1.82) is 5.26 Å². The second-order valence-corrected chi connectivity index (χ2v) is 4.35. The van der Waals surface area contributed by atoms with Gasteiger partial charge in [-0.2, -0.15) is 5.26 Å². The molecule has 0 aliphatic heterocycles. The Labute approximate surface area is 125 Å². The number of ether oxygens (including phenoxy) is 2. The molecule has 21 heavy (non-hydrogen) atoms. The predicted octanol–water partition coefficient (Wildman–Crippen LogP) is 3.92. The van der Waals surface area contributed by atoms with E-state index in [2.05, 4.69) is 0 Å². The summed E-state index contributed by atoms with van der Waals surface area (Å²) in [5.41, 5.74) is 0.0976. The molecule has 0 saturated carbocycles.